The number of ether oxygens (including phenoxy) is 2. The second-order valence-electron chi connectivity index (χ2n) is 7.10. The number of amides is 1. The highest BCUT2D eigenvalue weighted by atomic mass is 35.5. The number of benzene rings is 2. The number of nitrogens with zero attached hydrogens (tertiary/aromatic N) is 3. The van der Waals surface area contributed by atoms with Gasteiger partial charge in [0.2, 0.25) is 6.41 Å². The number of anilines is 3. The Morgan fingerprint density at radius 3 is 2.71 bits per heavy atom. The molecule has 0 bridgehead atoms. The number of hydrogen-bond acceptors (Lipinski definition) is 7. The zero-order valence-electron chi connectivity index (χ0n) is 18.2. The van der Waals surface area contributed by atoms with Crippen molar-refractivity contribution in [1.82, 2.24) is 9.97 Å². The first-order valence-corrected chi connectivity index (χ1v) is 10.8. The number of fused-ring (bicyclic) bond motifs is 1. The van der Waals surface area contributed by atoms with Crippen molar-refractivity contribution in [2.45, 2.75) is 13.5 Å². The number of rotatable bonds is 9. The minimum absolute atomic E-state index is 0.287. The monoisotopic (exact) mass is 473 g/mol. The van der Waals surface area contributed by atoms with E-state index in [2.05, 4.69) is 26.7 Å². The van der Waals surface area contributed by atoms with Crippen molar-refractivity contribution >= 4 is 46.0 Å². The van der Waals surface area contributed by atoms with Gasteiger partial charge in [-0.05, 0) is 43.3 Å². The minimum atomic E-state index is 0.287. The predicted octanol–water partition coefficient (Wildman–Crippen LogP) is 5.44. The molecule has 0 spiro atoms. The molecule has 0 aliphatic carbocycles. The van der Waals surface area contributed by atoms with Crippen LogP contribution < -0.4 is 20.1 Å². The number of hydrogen-bond donors (Lipinski definition) is 2. The molecule has 34 heavy (non-hydrogen) atoms. The van der Waals surface area contributed by atoms with Crippen molar-refractivity contribution in [3.63, 3.8) is 0 Å². The van der Waals surface area contributed by atoms with Crippen molar-refractivity contribution in [1.29, 1.82) is 5.26 Å². The highest BCUT2D eigenvalue weighted by molar-refractivity contribution is 6.32. The topological polar surface area (TPSA) is 109 Å². The highest BCUT2D eigenvalue weighted by Crippen LogP contribution is 2.37. The molecule has 2 aromatic carbocycles. The Morgan fingerprint density at radius 2 is 2.00 bits per heavy atom. The molecule has 2 heterocycles. The first-order chi connectivity index (χ1) is 16.6. The molecular weight excluding hydrogens is 454 g/mol. The lowest BCUT2D eigenvalue weighted by molar-refractivity contribution is -0.105. The standard InChI is InChI=1S/C25H20ClN5O3/c1-2-33-24-11-21-19(10-22(24)30-15-32)25(16(12-27)13-29-21)31-17-6-7-23(20(26)9-17)34-14-18-5-3-4-8-28-18/h3-11,13,15H,2,14H2,1H3,(H,29,31)(H,30,32). The van der Waals surface area contributed by atoms with E-state index in [4.69, 9.17) is 21.1 Å². The third-order valence-corrected chi connectivity index (χ3v) is 5.20. The largest absolute Gasteiger partial charge is 0.492 e. The first-order valence-electron chi connectivity index (χ1n) is 10.4. The fourth-order valence-corrected chi connectivity index (χ4v) is 3.60. The Balaban J connectivity index is 1.66. The maximum atomic E-state index is 11.1. The molecule has 170 valence electrons. The number of nitriles is 1. The van der Waals surface area contributed by atoms with Gasteiger partial charge in [-0.2, -0.15) is 5.26 Å². The van der Waals surface area contributed by atoms with Gasteiger partial charge in [-0.1, -0.05) is 17.7 Å². The molecule has 4 aromatic rings. The smallest absolute Gasteiger partial charge is 0.211 e. The molecule has 2 aromatic heterocycles. The Bertz CT molecular complexity index is 1370. The van der Waals surface area contributed by atoms with E-state index < -0.39 is 0 Å². The van der Waals surface area contributed by atoms with Crippen molar-refractivity contribution in [2.75, 3.05) is 17.2 Å². The Kier molecular flexibility index (Phi) is 7.06. The van der Waals surface area contributed by atoms with Crippen molar-refractivity contribution in [3.05, 3.63) is 77.2 Å². The van der Waals surface area contributed by atoms with Crippen LogP contribution in [0.1, 0.15) is 18.2 Å². The van der Waals surface area contributed by atoms with Crippen molar-refractivity contribution in [3.8, 4) is 17.6 Å². The van der Waals surface area contributed by atoms with E-state index in [9.17, 15) is 10.1 Å². The Labute approximate surface area is 201 Å². The van der Waals surface area contributed by atoms with Crippen LogP contribution in [0, 0.1) is 11.3 Å². The first kappa shape index (κ1) is 22.8. The summed E-state index contributed by atoms with van der Waals surface area (Å²) in [5.41, 5.74) is 3.37. The summed E-state index contributed by atoms with van der Waals surface area (Å²) < 4.78 is 11.4. The molecule has 0 aliphatic rings. The SMILES string of the molecule is CCOc1cc2ncc(C#N)c(Nc3ccc(OCc4ccccn4)c(Cl)c3)c2cc1NC=O. The van der Waals surface area contributed by atoms with Crippen LogP contribution in [0.3, 0.4) is 0 Å². The predicted molar refractivity (Wildman–Crippen MR) is 131 cm³/mol. The maximum absolute atomic E-state index is 11.1. The fraction of sp³-hybridized carbons (Fsp3) is 0.120. The summed E-state index contributed by atoms with van der Waals surface area (Å²) in [6.45, 7) is 2.56. The third-order valence-electron chi connectivity index (χ3n) is 4.91. The molecule has 8 nitrogen and oxygen atoms in total. The molecule has 0 radical (unpaired) electrons. The zero-order valence-corrected chi connectivity index (χ0v) is 19.0. The molecule has 0 unspecified atom stereocenters. The summed E-state index contributed by atoms with van der Waals surface area (Å²) >= 11 is 6.45. The normalized spacial score (nSPS) is 10.4. The lowest BCUT2D eigenvalue weighted by Crippen LogP contribution is -2.02. The lowest BCUT2D eigenvalue weighted by atomic mass is 10.1. The van der Waals surface area contributed by atoms with Crippen LogP contribution in [0.4, 0.5) is 17.1 Å². The van der Waals surface area contributed by atoms with E-state index in [0.717, 1.165) is 5.69 Å². The van der Waals surface area contributed by atoms with Crippen LogP contribution in [-0.2, 0) is 11.4 Å². The van der Waals surface area contributed by atoms with Crippen LogP contribution in [0.2, 0.25) is 5.02 Å². The molecule has 0 fully saturated rings. The summed E-state index contributed by atoms with van der Waals surface area (Å²) in [5.74, 6) is 1.000. The number of pyridine rings is 2. The van der Waals surface area contributed by atoms with E-state index in [1.807, 2.05) is 25.1 Å². The van der Waals surface area contributed by atoms with Gasteiger partial charge in [-0.25, -0.2) is 0 Å². The molecule has 9 heteroatoms. The number of nitrogens with one attached hydrogen (secondary N) is 2. The summed E-state index contributed by atoms with van der Waals surface area (Å²) in [7, 11) is 0. The van der Waals surface area contributed by atoms with E-state index in [1.54, 1.807) is 36.5 Å². The Morgan fingerprint density at radius 1 is 1.12 bits per heavy atom. The van der Waals surface area contributed by atoms with Gasteiger partial charge >= 0.3 is 0 Å². The molecule has 0 saturated carbocycles. The fourth-order valence-electron chi connectivity index (χ4n) is 3.37. The second kappa shape index (κ2) is 10.5. The van der Waals surface area contributed by atoms with E-state index in [-0.39, 0.29) is 6.61 Å². The van der Waals surface area contributed by atoms with Gasteiger partial charge in [0.25, 0.3) is 0 Å². The number of carbonyl (C=O) groups excluding carboxylic acids is 1. The Hall–Kier alpha value is -4.35. The summed E-state index contributed by atoms with van der Waals surface area (Å²) in [6, 6.07) is 16.4. The number of aromatic nitrogens is 2. The molecule has 0 saturated heterocycles. The lowest BCUT2D eigenvalue weighted by Gasteiger charge is -2.16. The number of halogens is 1. The highest BCUT2D eigenvalue weighted by Gasteiger charge is 2.15. The van der Waals surface area contributed by atoms with Crippen LogP contribution in [0.15, 0.2) is 60.9 Å². The molecule has 0 atom stereocenters. The minimum Gasteiger partial charge on any atom is -0.492 e. The molecule has 1 amide bonds. The van der Waals surface area contributed by atoms with Gasteiger partial charge in [0.1, 0.15) is 24.2 Å². The summed E-state index contributed by atoms with van der Waals surface area (Å²) in [4.78, 5) is 19.7. The molecule has 2 N–H and O–H groups in total. The van der Waals surface area contributed by atoms with Gasteiger partial charge < -0.3 is 20.1 Å². The van der Waals surface area contributed by atoms with Crippen LogP contribution >= 0.6 is 11.6 Å². The van der Waals surface area contributed by atoms with E-state index in [1.165, 1.54) is 6.20 Å². The average molecular weight is 474 g/mol. The van der Waals surface area contributed by atoms with Gasteiger partial charge in [0.05, 0.1) is 39.8 Å². The molecule has 0 aliphatic heterocycles. The van der Waals surface area contributed by atoms with Crippen LogP contribution in [-0.4, -0.2) is 23.0 Å². The zero-order chi connectivity index (χ0) is 23.9. The summed E-state index contributed by atoms with van der Waals surface area (Å²) in [6.07, 6.45) is 3.76. The van der Waals surface area contributed by atoms with Crippen LogP contribution in [0.25, 0.3) is 10.9 Å². The van der Waals surface area contributed by atoms with Gasteiger partial charge in [0, 0.05) is 29.5 Å². The van der Waals surface area contributed by atoms with Gasteiger partial charge in [-0.15, -0.1) is 0 Å². The van der Waals surface area contributed by atoms with Gasteiger partial charge in [0.15, 0.2) is 0 Å². The molecular formula is C25H20ClN5O3. The van der Waals surface area contributed by atoms with Crippen molar-refractivity contribution in [2.24, 2.45) is 0 Å². The quantitative estimate of drug-likeness (QED) is 0.311. The van der Waals surface area contributed by atoms with E-state index >= 15 is 0 Å². The number of carbonyl (C=O) groups is 1. The van der Waals surface area contributed by atoms with Crippen LogP contribution in [0.5, 0.6) is 11.5 Å². The second-order valence-corrected chi connectivity index (χ2v) is 7.51. The summed E-state index contributed by atoms with van der Waals surface area (Å²) in [5, 5.41) is 16.6. The maximum Gasteiger partial charge on any atom is 0.211 e. The van der Waals surface area contributed by atoms with Crippen molar-refractivity contribution < 1.29 is 14.3 Å². The van der Waals surface area contributed by atoms with Gasteiger partial charge in [-0.3, -0.25) is 14.8 Å². The molecule has 4 rings (SSSR count). The average Bonchev–Trinajstić information content (AvgIpc) is 2.85. The van der Waals surface area contributed by atoms with E-state index in [0.29, 0.717) is 63.1 Å². The third kappa shape index (κ3) is 5.00.